The molecule has 21 heavy (non-hydrogen) atoms. The third-order valence-electron chi connectivity index (χ3n) is 3.70. The van der Waals surface area contributed by atoms with Crippen LogP contribution in [0.15, 0.2) is 17.5 Å². The minimum Gasteiger partial charge on any atom is -0.478 e. The van der Waals surface area contributed by atoms with Gasteiger partial charge in [-0.2, -0.15) is 0 Å². The maximum absolute atomic E-state index is 12.1. The Kier molecular flexibility index (Phi) is 3.82. The van der Waals surface area contributed by atoms with Crippen LogP contribution >= 0.6 is 22.7 Å². The van der Waals surface area contributed by atoms with E-state index in [1.165, 1.54) is 22.7 Å². The molecule has 0 saturated carbocycles. The number of amides is 1. The van der Waals surface area contributed by atoms with Crippen molar-refractivity contribution < 1.29 is 14.7 Å². The van der Waals surface area contributed by atoms with Crippen LogP contribution in [0.4, 0.5) is 5.00 Å². The van der Waals surface area contributed by atoms with Crippen molar-refractivity contribution in [3.63, 3.8) is 0 Å². The molecule has 0 bridgehead atoms. The molecular formula is C15H15NO3S2. The molecule has 1 aliphatic carbocycles. The number of carbonyl (C=O) groups is 2. The fourth-order valence-corrected chi connectivity index (χ4v) is 4.65. The Labute approximate surface area is 130 Å². The second-order valence-electron chi connectivity index (χ2n) is 5.29. The molecule has 1 atom stereocenters. The number of carboxylic acid groups (broad SMARTS) is 1. The second kappa shape index (κ2) is 5.61. The van der Waals surface area contributed by atoms with E-state index >= 15 is 0 Å². The van der Waals surface area contributed by atoms with Gasteiger partial charge in [0.05, 0.1) is 10.4 Å². The predicted octanol–water partition coefficient (Wildman–Crippen LogP) is 3.88. The minimum absolute atomic E-state index is 0.237. The number of hydrogen-bond acceptors (Lipinski definition) is 4. The summed E-state index contributed by atoms with van der Waals surface area (Å²) in [6.07, 6.45) is 2.68. The van der Waals surface area contributed by atoms with Gasteiger partial charge < -0.3 is 10.4 Å². The van der Waals surface area contributed by atoms with Crippen LogP contribution in [-0.4, -0.2) is 17.0 Å². The Hall–Kier alpha value is -1.66. The monoisotopic (exact) mass is 321 g/mol. The van der Waals surface area contributed by atoms with E-state index in [2.05, 4.69) is 12.2 Å². The van der Waals surface area contributed by atoms with Gasteiger partial charge in [-0.3, -0.25) is 4.79 Å². The Morgan fingerprint density at radius 3 is 2.90 bits per heavy atom. The third kappa shape index (κ3) is 2.73. The lowest BCUT2D eigenvalue weighted by Crippen LogP contribution is -2.14. The minimum atomic E-state index is -0.955. The highest BCUT2D eigenvalue weighted by molar-refractivity contribution is 7.17. The molecule has 2 aromatic rings. The Bertz CT molecular complexity index is 688. The number of fused-ring (bicyclic) bond motifs is 1. The van der Waals surface area contributed by atoms with E-state index in [-0.39, 0.29) is 11.5 Å². The van der Waals surface area contributed by atoms with Crippen molar-refractivity contribution in [1.29, 1.82) is 0 Å². The van der Waals surface area contributed by atoms with Gasteiger partial charge in [0.15, 0.2) is 0 Å². The molecule has 4 nitrogen and oxygen atoms in total. The van der Waals surface area contributed by atoms with Crippen LogP contribution in [0.25, 0.3) is 0 Å². The molecule has 2 heterocycles. The summed E-state index contributed by atoms with van der Waals surface area (Å²) in [5.41, 5.74) is 1.19. The maximum Gasteiger partial charge on any atom is 0.339 e. The fraction of sp³-hybridized carbons (Fsp3) is 0.333. The zero-order valence-corrected chi connectivity index (χ0v) is 13.1. The number of carbonyl (C=O) groups excluding carboxylic acids is 1. The molecule has 0 fully saturated rings. The van der Waals surface area contributed by atoms with Gasteiger partial charge in [-0.25, -0.2) is 4.79 Å². The SMILES string of the molecule is C[C@@H]1CCc2c(sc(NC(=O)c3cccs3)c2C(=O)O)C1. The maximum atomic E-state index is 12.1. The van der Waals surface area contributed by atoms with Gasteiger partial charge in [-0.05, 0) is 42.2 Å². The molecule has 1 amide bonds. The molecule has 0 aromatic carbocycles. The first-order valence-corrected chi connectivity index (χ1v) is 8.48. The van der Waals surface area contributed by atoms with Crippen LogP contribution in [0.1, 0.15) is 43.8 Å². The van der Waals surface area contributed by atoms with Crippen molar-refractivity contribution in [3.8, 4) is 0 Å². The van der Waals surface area contributed by atoms with Gasteiger partial charge in [-0.1, -0.05) is 13.0 Å². The number of rotatable bonds is 3. The van der Waals surface area contributed by atoms with Crippen molar-refractivity contribution in [2.24, 2.45) is 5.92 Å². The standard InChI is InChI=1S/C15H15NO3S2/c1-8-4-5-9-11(7-8)21-14(12(9)15(18)19)16-13(17)10-3-2-6-20-10/h2-3,6,8H,4-5,7H2,1H3,(H,16,17)(H,18,19)/t8-/m1/s1. The molecule has 6 heteroatoms. The quantitative estimate of drug-likeness (QED) is 0.901. The van der Waals surface area contributed by atoms with E-state index in [0.717, 1.165) is 29.7 Å². The number of nitrogens with one attached hydrogen (secondary N) is 1. The predicted molar refractivity (Wildman–Crippen MR) is 84.7 cm³/mol. The van der Waals surface area contributed by atoms with Gasteiger partial charge in [0.1, 0.15) is 5.00 Å². The molecule has 2 aromatic heterocycles. The highest BCUT2D eigenvalue weighted by atomic mass is 32.1. The molecule has 0 spiro atoms. The average molecular weight is 321 g/mol. The molecular weight excluding hydrogens is 306 g/mol. The summed E-state index contributed by atoms with van der Waals surface area (Å²) >= 11 is 2.76. The van der Waals surface area contributed by atoms with Crippen molar-refractivity contribution in [3.05, 3.63) is 38.4 Å². The topological polar surface area (TPSA) is 66.4 Å². The fourth-order valence-electron chi connectivity index (χ4n) is 2.64. The first-order valence-electron chi connectivity index (χ1n) is 6.79. The highest BCUT2D eigenvalue weighted by Gasteiger charge is 2.28. The zero-order valence-electron chi connectivity index (χ0n) is 11.5. The molecule has 110 valence electrons. The van der Waals surface area contributed by atoms with E-state index in [1.54, 1.807) is 12.1 Å². The van der Waals surface area contributed by atoms with E-state index in [9.17, 15) is 14.7 Å². The van der Waals surface area contributed by atoms with Crippen LogP contribution < -0.4 is 5.32 Å². The summed E-state index contributed by atoms with van der Waals surface area (Å²) in [7, 11) is 0. The number of carboxylic acids is 1. The van der Waals surface area contributed by atoms with Crippen molar-refractivity contribution >= 4 is 39.6 Å². The third-order valence-corrected chi connectivity index (χ3v) is 5.74. The highest BCUT2D eigenvalue weighted by Crippen LogP contribution is 2.39. The van der Waals surface area contributed by atoms with Gasteiger partial charge in [-0.15, -0.1) is 22.7 Å². The molecule has 1 aliphatic rings. The number of aromatic carboxylic acids is 1. The second-order valence-corrected chi connectivity index (χ2v) is 7.35. The summed E-state index contributed by atoms with van der Waals surface area (Å²) in [4.78, 5) is 25.4. The summed E-state index contributed by atoms with van der Waals surface area (Å²) in [6, 6.07) is 3.54. The van der Waals surface area contributed by atoms with Crippen molar-refractivity contribution in [2.45, 2.75) is 26.2 Å². The summed E-state index contributed by atoms with van der Waals surface area (Å²) in [5.74, 6) is -0.624. The molecule has 0 aliphatic heterocycles. The first kappa shape index (κ1) is 14.3. The first-order chi connectivity index (χ1) is 10.1. The van der Waals surface area contributed by atoms with Crippen LogP contribution in [0, 0.1) is 5.92 Å². The van der Waals surface area contributed by atoms with Crippen LogP contribution in [0.3, 0.4) is 0 Å². The lowest BCUT2D eigenvalue weighted by Gasteiger charge is -2.17. The zero-order chi connectivity index (χ0) is 15.0. The number of hydrogen-bond donors (Lipinski definition) is 2. The van der Waals surface area contributed by atoms with Crippen LogP contribution in [0.5, 0.6) is 0 Å². The van der Waals surface area contributed by atoms with Gasteiger partial charge in [0, 0.05) is 4.88 Å². The molecule has 0 saturated heterocycles. The average Bonchev–Trinajstić information content (AvgIpc) is 3.04. The largest absolute Gasteiger partial charge is 0.478 e. The van der Waals surface area contributed by atoms with E-state index < -0.39 is 5.97 Å². The molecule has 3 rings (SSSR count). The lowest BCUT2D eigenvalue weighted by atomic mass is 9.88. The van der Waals surface area contributed by atoms with Crippen LogP contribution in [0.2, 0.25) is 0 Å². The number of anilines is 1. The van der Waals surface area contributed by atoms with E-state index in [4.69, 9.17) is 0 Å². The molecule has 0 radical (unpaired) electrons. The Morgan fingerprint density at radius 2 is 2.24 bits per heavy atom. The van der Waals surface area contributed by atoms with Gasteiger partial charge in [0.25, 0.3) is 5.91 Å². The molecule has 0 unspecified atom stereocenters. The van der Waals surface area contributed by atoms with E-state index in [0.29, 0.717) is 15.8 Å². The summed E-state index contributed by atoms with van der Waals surface area (Å²) in [6.45, 7) is 2.17. The van der Waals surface area contributed by atoms with E-state index in [1.807, 2.05) is 5.38 Å². The normalized spacial score (nSPS) is 17.3. The van der Waals surface area contributed by atoms with Gasteiger partial charge >= 0.3 is 5.97 Å². The smallest absolute Gasteiger partial charge is 0.339 e. The summed E-state index contributed by atoms with van der Waals surface area (Å²) in [5, 5.41) is 14.6. The number of thiophene rings is 2. The van der Waals surface area contributed by atoms with Crippen LogP contribution in [-0.2, 0) is 12.8 Å². The van der Waals surface area contributed by atoms with Crippen molar-refractivity contribution in [1.82, 2.24) is 0 Å². The van der Waals surface area contributed by atoms with Gasteiger partial charge in [0.2, 0.25) is 0 Å². The summed E-state index contributed by atoms with van der Waals surface area (Å²) < 4.78 is 0. The Balaban J connectivity index is 1.95. The lowest BCUT2D eigenvalue weighted by molar-refractivity contribution is 0.0697. The Morgan fingerprint density at radius 1 is 1.43 bits per heavy atom. The van der Waals surface area contributed by atoms with Crippen molar-refractivity contribution in [2.75, 3.05) is 5.32 Å². The molecule has 2 N–H and O–H groups in total.